The number of carbonyl (C=O) groups is 3. The largest absolute Gasteiger partial charge is 0.452 e. The van der Waals surface area contributed by atoms with Gasteiger partial charge in [0.05, 0.1) is 16.5 Å². The highest BCUT2D eigenvalue weighted by Gasteiger charge is 2.21. The molecule has 0 aliphatic rings. The highest BCUT2D eigenvalue weighted by Crippen LogP contribution is 2.27. The number of hydrogen-bond donors (Lipinski definition) is 1. The Morgan fingerprint density at radius 3 is 2.37 bits per heavy atom. The average Bonchev–Trinajstić information content (AvgIpc) is 2.71. The van der Waals surface area contributed by atoms with E-state index in [1.807, 2.05) is 30.3 Å². The van der Waals surface area contributed by atoms with Crippen LogP contribution in [0.4, 0.5) is 11.4 Å². The van der Waals surface area contributed by atoms with Gasteiger partial charge in [0, 0.05) is 20.2 Å². The fourth-order valence-corrected chi connectivity index (χ4v) is 2.77. The Hall–Kier alpha value is -3.75. The Morgan fingerprint density at radius 2 is 1.80 bits per heavy atom. The second kappa shape index (κ2) is 10.1. The van der Waals surface area contributed by atoms with Crippen LogP contribution in [0, 0.1) is 10.1 Å². The zero-order chi connectivity index (χ0) is 22.3. The lowest BCUT2D eigenvalue weighted by atomic mass is 10.0. The number of carbonyl (C=O) groups excluding carboxylic acids is 3. The lowest BCUT2D eigenvalue weighted by Crippen LogP contribution is -2.43. The Morgan fingerprint density at radius 1 is 1.13 bits per heavy atom. The van der Waals surface area contributed by atoms with E-state index in [9.17, 15) is 24.5 Å². The minimum atomic E-state index is -0.874. The van der Waals surface area contributed by atoms with E-state index in [2.05, 4.69) is 5.32 Å². The Bertz CT molecular complexity index is 943. The van der Waals surface area contributed by atoms with Gasteiger partial charge in [-0.25, -0.2) is 4.79 Å². The molecule has 0 aromatic heterocycles. The SMILES string of the molecule is CC(=O)[C@@H](Cc1ccccc1)NC(=O)COC(=O)c1ccc(N(C)C)c([N+](=O)[O-])c1. The van der Waals surface area contributed by atoms with Gasteiger partial charge < -0.3 is 15.0 Å². The third-order valence-corrected chi connectivity index (χ3v) is 4.33. The number of esters is 1. The number of nitrogens with zero attached hydrogens (tertiary/aromatic N) is 2. The number of ether oxygens (including phenoxy) is 1. The predicted octanol–water partition coefficient (Wildman–Crippen LogP) is 2.13. The molecular weight excluding hydrogens is 390 g/mol. The highest BCUT2D eigenvalue weighted by atomic mass is 16.6. The molecule has 0 heterocycles. The molecule has 0 aliphatic heterocycles. The number of Topliss-reactive ketones (excluding diaryl/α,β-unsaturated/α-hetero) is 1. The molecule has 30 heavy (non-hydrogen) atoms. The number of hydrogen-bond acceptors (Lipinski definition) is 7. The van der Waals surface area contributed by atoms with E-state index in [0.29, 0.717) is 12.1 Å². The zero-order valence-electron chi connectivity index (χ0n) is 17.0. The van der Waals surface area contributed by atoms with Crippen molar-refractivity contribution in [3.05, 3.63) is 69.8 Å². The third kappa shape index (κ3) is 6.13. The van der Waals surface area contributed by atoms with Crippen LogP contribution in [0.3, 0.4) is 0 Å². The Labute approximate surface area is 173 Å². The maximum atomic E-state index is 12.2. The molecule has 0 aliphatic carbocycles. The Balaban J connectivity index is 1.99. The molecule has 1 atom stereocenters. The summed E-state index contributed by atoms with van der Waals surface area (Å²) < 4.78 is 4.96. The summed E-state index contributed by atoms with van der Waals surface area (Å²) in [6.45, 7) is 0.756. The van der Waals surface area contributed by atoms with Gasteiger partial charge in [0.2, 0.25) is 0 Å². The molecule has 2 aromatic carbocycles. The number of anilines is 1. The van der Waals surface area contributed by atoms with Crippen LogP contribution in [-0.2, 0) is 20.7 Å². The van der Waals surface area contributed by atoms with Crippen molar-refractivity contribution in [1.29, 1.82) is 0 Å². The van der Waals surface area contributed by atoms with Crippen LogP contribution in [0.25, 0.3) is 0 Å². The molecule has 0 fully saturated rings. The standard InChI is InChI=1S/C21H23N3O6/c1-14(25)17(11-15-7-5-4-6-8-15)22-20(26)13-30-21(27)16-9-10-18(23(2)3)19(12-16)24(28)29/h4-10,12,17H,11,13H2,1-3H3,(H,22,26)/t17-/m1/s1. The molecule has 9 heteroatoms. The number of nitrogens with one attached hydrogen (secondary N) is 1. The monoisotopic (exact) mass is 413 g/mol. The van der Waals surface area contributed by atoms with Crippen molar-refractivity contribution in [2.45, 2.75) is 19.4 Å². The summed E-state index contributed by atoms with van der Waals surface area (Å²) in [5, 5.41) is 13.8. The van der Waals surface area contributed by atoms with Gasteiger partial charge in [-0.05, 0) is 31.0 Å². The lowest BCUT2D eigenvalue weighted by molar-refractivity contribution is -0.384. The van der Waals surface area contributed by atoms with Crippen molar-refractivity contribution in [3.8, 4) is 0 Å². The van der Waals surface area contributed by atoms with Crippen LogP contribution in [0.15, 0.2) is 48.5 Å². The minimum Gasteiger partial charge on any atom is -0.452 e. The highest BCUT2D eigenvalue weighted by molar-refractivity contribution is 5.94. The fourth-order valence-electron chi connectivity index (χ4n) is 2.77. The van der Waals surface area contributed by atoms with E-state index in [0.717, 1.165) is 11.6 Å². The normalized spacial score (nSPS) is 11.3. The number of rotatable bonds is 9. The summed E-state index contributed by atoms with van der Waals surface area (Å²) in [6, 6.07) is 12.4. The molecule has 0 bridgehead atoms. The lowest BCUT2D eigenvalue weighted by Gasteiger charge is -2.16. The maximum Gasteiger partial charge on any atom is 0.338 e. The van der Waals surface area contributed by atoms with Crippen molar-refractivity contribution in [2.75, 3.05) is 25.6 Å². The van der Waals surface area contributed by atoms with Gasteiger partial charge >= 0.3 is 5.97 Å². The summed E-state index contributed by atoms with van der Waals surface area (Å²) in [5.41, 5.74) is 0.911. The second-order valence-corrected chi connectivity index (χ2v) is 6.85. The second-order valence-electron chi connectivity index (χ2n) is 6.85. The number of nitro groups is 1. The molecule has 158 valence electrons. The molecule has 0 radical (unpaired) electrons. The quantitative estimate of drug-likeness (QED) is 0.380. The van der Waals surface area contributed by atoms with Gasteiger partial charge in [-0.1, -0.05) is 30.3 Å². The number of ketones is 1. The first-order chi connectivity index (χ1) is 14.2. The summed E-state index contributed by atoms with van der Waals surface area (Å²) in [4.78, 5) is 48.4. The van der Waals surface area contributed by atoms with Crippen molar-refractivity contribution < 1.29 is 24.0 Å². The van der Waals surface area contributed by atoms with Gasteiger partial charge in [0.15, 0.2) is 12.4 Å². The molecule has 0 saturated heterocycles. The van der Waals surface area contributed by atoms with Crippen LogP contribution in [0.5, 0.6) is 0 Å². The topological polar surface area (TPSA) is 119 Å². The molecule has 2 aromatic rings. The van der Waals surface area contributed by atoms with E-state index < -0.39 is 29.4 Å². The first-order valence-corrected chi connectivity index (χ1v) is 9.15. The first kappa shape index (κ1) is 22.5. The van der Waals surface area contributed by atoms with Crippen molar-refractivity contribution in [1.82, 2.24) is 5.32 Å². The van der Waals surface area contributed by atoms with Gasteiger partial charge in [-0.2, -0.15) is 0 Å². The van der Waals surface area contributed by atoms with E-state index in [1.54, 1.807) is 19.0 Å². The number of benzene rings is 2. The van der Waals surface area contributed by atoms with E-state index in [4.69, 9.17) is 4.74 Å². The van der Waals surface area contributed by atoms with Gasteiger partial charge in [0.1, 0.15) is 5.69 Å². The number of amides is 1. The maximum absolute atomic E-state index is 12.2. The van der Waals surface area contributed by atoms with Gasteiger partial charge in [0.25, 0.3) is 11.6 Å². The van der Waals surface area contributed by atoms with Crippen LogP contribution < -0.4 is 10.2 Å². The van der Waals surface area contributed by atoms with Crippen LogP contribution in [-0.4, -0.2) is 49.3 Å². The fraction of sp³-hybridized carbons (Fsp3) is 0.286. The minimum absolute atomic E-state index is 0.0486. The third-order valence-electron chi connectivity index (χ3n) is 4.33. The molecule has 2 rings (SSSR count). The molecule has 0 spiro atoms. The predicted molar refractivity (Wildman–Crippen MR) is 110 cm³/mol. The molecule has 1 amide bonds. The molecule has 0 saturated carbocycles. The smallest absolute Gasteiger partial charge is 0.338 e. The van der Waals surface area contributed by atoms with Crippen LogP contribution in [0.2, 0.25) is 0 Å². The Kier molecular flexibility index (Phi) is 7.62. The molecule has 9 nitrogen and oxygen atoms in total. The summed E-state index contributed by atoms with van der Waals surface area (Å²) in [5.74, 6) is -1.74. The number of nitro benzene ring substituents is 1. The summed E-state index contributed by atoms with van der Waals surface area (Å²) in [7, 11) is 3.29. The van der Waals surface area contributed by atoms with Crippen LogP contribution in [0.1, 0.15) is 22.8 Å². The van der Waals surface area contributed by atoms with Gasteiger partial charge in [-0.15, -0.1) is 0 Å². The van der Waals surface area contributed by atoms with E-state index in [1.165, 1.54) is 19.1 Å². The molecular formula is C21H23N3O6. The van der Waals surface area contributed by atoms with E-state index >= 15 is 0 Å². The van der Waals surface area contributed by atoms with E-state index in [-0.39, 0.29) is 17.0 Å². The van der Waals surface area contributed by atoms with Crippen molar-refractivity contribution >= 4 is 29.0 Å². The zero-order valence-corrected chi connectivity index (χ0v) is 17.0. The summed E-state index contributed by atoms with van der Waals surface area (Å²) in [6.07, 6.45) is 0.314. The van der Waals surface area contributed by atoms with Gasteiger partial charge in [-0.3, -0.25) is 19.7 Å². The van der Waals surface area contributed by atoms with Crippen molar-refractivity contribution in [3.63, 3.8) is 0 Å². The molecule has 0 unspecified atom stereocenters. The molecule has 1 N–H and O–H groups in total. The summed E-state index contributed by atoms with van der Waals surface area (Å²) >= 11 is 0. The van der Waals surface area contributed by atoms with Crippen LogP contribution >= 0.6 is 0 Å². The van der Waals surface area contributed by atoms with Crippen molar-refractivity contribution in [2.24, 2.45) is 0 Å². The first-order valence-electron chi connectivity index (χ1n) is 9.15. The average molecular weight is 413 g/mol.